The zero-order chi connectivity index (χ0) is 15.9. The first-order chi connectivity index (χ1) is 10.6. The molecule has 1 saturated carbocycles. The van der Waals surface area contributed by atoms with E-state index in [-0.39, 0.29) is 17.6 Å². The van der Waals surface area contributed by atoms with Crippen molar-refractivity contribution in [3.63, 3.8) is 0 Å². The second-order valence-corrected chi connectivity index (χ2v) is 6.72. The van der Waals surface area contributed by atoms with E-state index in [1.54, 1.807) is 6.92 Å². The van der Waals surface area contributed by atoms with E-state index in [9.17, 15) is 9.90 Å². The number of aliphatic hydroxyl groups is 1. The molecule has 22 heavy (non-hydrogen) atoms. The number of ketones is 1. The third kappa shape index (κ3) is 4.81. The third-order valence-electron chi connectivity index (χ3n) is 4.87. The summed E-state index contributed by atoms with van der Waals surface area (Å²) in [5, 5.41) is 10.7. The Morgan fingerprint density at radius 2 is 1.86 bits per heavy atom. The van der Waals surface area contributed by atoms with E-state index in [0.717, 1.165) is 24.8 Å². The highest BCUT2D eigenvalue weighted by atomic mass is 16.3. The fraction of sp³-hybridized carbons (Fsp3) is 0.550. The van der Waals surface area contributed by atoms with E-state index in [1.165, 1.54) is 24.8 Å². The fourth-order valence-electron chi connectivity index (χ4n) is 3.58. The number of carbonyl (C=O) groups excluding carboxylic acids is 1. The van der Waals surface area contributed by atoms with Crippen LogP contribution in [-0.4, -0.2) is 17.0 Å². The molecular weight excluding hydrogens is 272 g/mol. The molecule has 1 aromatic carbocycles. The van der Waals surface area contributed by atoms with E-state index in [1.807, 2.05) is 18.2 Å². The first-order valence-electron chi connectivity index (χ1n) is 8.47. The monoisotopic (exact) mass is 300 g/mol. The van der Waals surface area contributed by atoms with Crippen molar-refractivity contribution in [2.75, 3.05) is 0 Å². The van der Waals surface area contributed by atoms with Gasteiger partial charge in [-0.15, -0.1) is 0 Å². The molecule has 2 heteroatoms. The molecule has 0 aromatic heterocycles. The summed E-state index contributed by atoms with van der Waals surface area (Å²) in [7, 11) is 0. The molecule has 1 aliphatic rings. The molecule has 1 aliphatic carbocycles. The Bertz CT molecular complexity index is 486. The van der Waals surface area contributed by atoms with Crippen molar-refractivity contribution >= 4 is 5.78 Å². The first-order valence-corrected chi connectivity index (χ1v) is 8.47. The van der Waals surface area contributed by atoms with Crippen LogP contribution in [-0.2, 0) is 11.2 Å². The Hall–Kier alpha value is -1.41. The fourth-order valence-corrected chi connectivity index (χ4v) is 3.58. The van der Waals surface area contributed by atoms with E-state index >= 15 is 0 Å². The summed E-state index contributed by atoms with van der Waals surface area (Å²) in [4.78, 5) is 12.0. The summed E-state index contributed by atoms with van der Waals surface area (Å²) in [6, 6.07) is 10.2. The number of benzene rings is 1. The van der Waals surface area contributed by atoms with Crippen molar-refractivity contribution in [2.24, 2.45) is 11.8 Å². The minimum absolute atomic E-state index is 0.0901. The van der Waals surface area contributed by atoms with Gasteiger partial charge in [0.2, 0.25) is 0 Å². The van der Waals surface area contributed by atoms with Gasteiger partial charge in [0.05, 0.1) is 6.10 Å². The van der Waals surface area contributed by atoms with E-state index in [4.69, 9.17) is 0 Å². The SMILES string of the molecule is C=C(Cc1ccccc1)C[C@H](C(C)=O)[C@H](O)C1CCCCC1. The Balaban J connectivity index is 1.95. The standard InChI is InChI=1S/C20H28O2/c1-15(13-17-9-5-3-6-10-17)14-19(16(2)21)20(22)18-11-7-4-8-12-18/h3,5-6,9-10,18-20,22H,1,4,7-8,11-14H2,2H3/t19-,20-/m1/s1. The molecule has 120 valence electrons. The lowest BCUT2D eigenvalue weighted by molar-refractivity contribution is -0.126. The molecular formula is C20H28O2. The van der Waals surface area contributed by atoms with E-state index in [0.29, 0.717) is 6.42 Å². The molecule has 0 unspecified atom stereocenters. The number of hydrogen-bond donors (Lipinski definition) is 1. The summed E-state index contributed by atoms with van der Waals surface area (Å²) in [6.45, 7) is 5.74. The van der Waals surface area contributed by atoms with Crippen LogP contribution in [0.3, 0.4) is 0 Å². The minimum Gasteiger partial charge on any atom is -0.392 e. The molecule has 0 amide bonds. The van der Waals surface area contributed by atoms with Crippen LogP contribution >= 0.6 is 0 Å². The van der Waals surface area contributed by atoms with Crippen LogP contribution in [0.1, 0.15) is 51.0 Å². The van der Waals surface area contributed by atoms with E-state index < -0.39 is 6.10 Å². The number of hydrogen-bond acceptors (Lipinski definition) is 2. The average Bonchev–Trinajstić information content (AvgIpc) is 2.53. The molecule has 0 bridgehead atoms. The van der Waals surface area contributed by atoms with Crippen LogP contribution in [0.5, 0.6) is 0 Å². The molecule has 0 spiro atoms. The topological polar surface area (TPSA) is 37.3 Å². The van der Waals surface area contributed by atoms with Gasteiger partial charge in [-0.25, -0.2) is 0 Å². The van der Waals surface area contributed by atoms with Crippen LogP contribution in [0.2, 0.25) is 0 Å². The Morgan fingerprint density at radius 3 is 2.45 bits per heavy atom. The van der Waals surface area contributed by atoms with Crippen LogP contribution in [0.4, 0.5) is 0 Å². The molecule has 0 radical (unpaired) electrons. The summed E-state index contributed by atoms with van der Waals surface area (Å²) in [6.07, 6.45) is 6.59. The molecule has 1 fully saturated rings. The number of rotatable bonds is 7. The second kappa shape index (κ2) is 8.28. The lowest BCUT2D eigenvalue weighted by Gasteiger charge is -2.31. The van der Waals surface area contributed by atoms with Gasteiger partial charge in [0.25, 0.3) is 0 Å². The lowest BCUT2D eigenvalue weighted by atomic mass is 9.77. The predicted octanol–water partition coefficient (Wildman–Crippen LogP) is 4.32. The number of aliphatic hydroxyl groups excluding tert-OH is 1. The summed E-state index contributed by atoms with van der Waals surface area (Å²) in [5.41, 5.74) is 2.24. The average molecular weight is 300 g/mol. The molecule has 0 saturated heterocycles. The van der Waals surface area contributed by atoms with Crippen molar-refractivity contribution in [1.82, 2.24) is 0 Å². The molecule has 0 aliphatic heterocycles. The largest absolute Gasteiger partial charge is 0.392 e. The van der Waals surface area contributed by atoms with Crippen LogP contribution in [0.25, 0.3) is 0 Å². The normalized spacial score (nSPS) is 18.6. The Labute approximate surface area is 134 Å². The summed E-state index contributed by atoms with van der Waals surface area (Å²) < 4.78 is 0. The van der Waals surface area contributed by atoms with Gasteiger partial charge in [0.1, 0.15) is 5.78 Å². The van der Waals surface area contributed by atoms with Crippen LogP contribution < -0.4 is 0 Å². The third-order valence-corrected chi connectivity index (χ3v) is 4.87. The minimum atomic E-state index is -0.509. The van der Waals surface area contributed by atoms with Gasteiger partial charge >= 0.3 is 0 Å². The number of Topliss-reactive ketones (excluding diaryl/α,β-unsaturated/α-hetero) is 1. The van der Waals surface area contributed by atoms with Crippen molar-refractivity contribution in [3.05, 3.63) is 48.0 Å². The molecule has 2 atom stereocenters. The van der Waals surface area contributed by atoms with Crippen molar-refractivity contribution in [1.29, 1.82) is 0 Å². The number of carbonyl (C=O) groups is 1. The number of allylic oxidation sites excluding steroid dienone is 1. The van der Waals surface area contributed by atoms with Gasteiger partial charge in [-0.2, -0.15) is 0 Å². The van der Waals surface area contributed by atoms with Crippen LogP contribution in [0, 0.1) is 11.8 Å². The van der Waals surface area contributed by atoms with Crippen molar-refractivity contribution < 1.29 is 9.90 Å². The highest BCUT2D eigenvalue weighted by molar-refractivity contribution is 5.79. The molecule has 2 rings (SSSR count). The van der Waals surface area contributed by atoms with Gasteiger partial charge in [-0.1, -0.05) is 61.7 Å². The van der Waals surface area contributed by atoms with Gasteiger partial charge in [-0.3, -0.25) is 4.79 Å². The Kier molecular flexibility index (Phi) is 6.38. The highest BCUT2D eigenvalue weighted by Crippen LogP contribution is 2.32. The summed E-state index contributed by atoms with van der Waals surface area (Å²) in [5.74, 6) is 0.0822. The maximum Gasteiger partial charge on any atom is 0.135 e. The Morgan fingerprint density at radius 1 is 1.23 bits per heavy atom. The molecule has 1 N–H and O–H groups in total. The van der Waals surface area contributed by atoms with Gasteiger partial charge in [0.15, 0.2) is 0 Å². The summed E-state index contributed by atoms with van der Waals surface area (Å²) >= 11 is 0. The van der Waals surface area contributed by atoms with E-state index in [2.05, 4.69) is 18.7 Å². The maximum absolute atomic E-state index is 12.0. The zero-order valence-electron chi connectivity index (χ0n) is 13.6. The molecule has 0 heterocycles. The van der Waals surface area contributed by atoms with Crippen molar-refractivity contribution in [3.8, 4) is 0 Å². The van der Waals surface area contributed by atoms with Gasteiger partial charge < -0.3 is 5.11 Å². The molecule has 2 nitrogen and oxygen atoms in total. The van der Waals surface area contributed by atoms with Crippen LogP contribution in [0.15, 0.2) is 42.5 Å². The van der Waals surface area contributed by atoms with Crippen molar-refractivity contribution in [2.45, 2.75) is 58.0 Å². The highest BCUT2D eigenvalue weighted by Gasteiger charge is 2.31. The smallest absolute Gasteiger partial charge is 0.135 e. The second-order valence-electron chi connectivity index (χ2n) is 6.72. The molecule has 1 aromatic rings. The zero-order valence-corrected chi connectivity index (χ0v) is 13.6. The predicted molar refractivity (Wildman–Crippen MR) is 90.7 cm³/mol. The maximum atomic E-state index is 12.0. The first kappa shape index (κ1) is 17.0. The van der Waals surface area contributed by atoms with Gasteiger partial charge in [-0.05, 0) is 44.1 Å². The lowest BCUT2D eigenvalue weighted by Crippen LogP contribution is -2.35. The van der Waals surface area contributed by atoms with Gasteiger partial charge in [0, 0.05) is 5.92 Å². The quantitative estimate of drug-likeness (QED) is 0.761.